The number of thiazole rings is 1. The van der Waals surface area contributed by atoms with Crippen LogP contribution in [0.2, 0.25) is 0 Å². The maximum atomic E-state index is 13.4. The number of thioether (sulfide) groups is 1. The molecule has 0 saturated carbocycles. The van der Waals surface area contributed by atoms with E-state index >= 15 is 0 Å². The van der Waals surface area contributed by atoms with Crippen LogP contribution in [0.15, 0.2) is 58.3 Å². The van der Waals surface area contributed by atoms with Crippen LogP contribution < -0.4 is 10.8 Å². The first-order chi connectivity index (χ1) is 16.8. The molecule has 2 amide bonds. The van der Waals surface area contributed by atoms with Crippen molar-refractivity contribution in [3.8, 4) is 0 Å². The third-order valence-corrected chi connectivity index (χ3v) is 10.7. The second-order valence-electron chi connectivity index (χ2n) is 8.30. The molecule has 0 bridgehead atoms. The lowest BCUT2D eigenvalue weighted by atomic mass is 9.95. The average Bonchev–Trinajstić information content (AvgIpc) is 3.31. The van der Waals surface area contributed by atoms with E-state index in [2.05, 4.69) is 10.3 Å². The molecule has 1 saturated heterocycles. The van der Waals surface area contributed by atoms with Crippen molar-refractivity contribution < 1.29 is 23.2 Å². The van der Waals surface area contributed by atoms with Gasteiger partial charge in [-0.05, 0) is 69.4 Å². The van der Waals surface area contributed by atoms with Crippen molar-refractivity contribution in [1.82, 2.24) is 20.7 Å². The number of amides is 2. The second-order valence-corrected chi connectivity index (χ2v) is 12.8. The summed E-state index contributed by atoms with van der Waals surface area (Å²) in [6, 6.07) is 13.9. The van der Waals surface area contributed by atoms with Gasteiger partial charge in [0.1, 0.15) is 0 Å². The molecule has 0 radical (unpaired) electrons. The number of halogens is 1. The Morgan fingerprint density at radius 1 is 1.14 bits per heavy atom. The van der Waals surface area contributed by atoms with Gasteiger partial charge in [-0.3, -0.25) is 14.8 Å². The van der Waals surface area contributed by atoms with Gasteiger partial charge in [-0.15, -0.1) is 35.5 Å². The number of nitrogens with one attached hydrogen (secondary N) is 2. The number of rotatable bonds is 8. The summed E-state index contributed by atoms with van der Waals surface area (Å²) in [5.74, 6) is -0.530. The Balaban J connectivity index is 0.00000361. The molecular formula is C23H27ClN4O5S3. The molecule has 36 heavy (non-hydrogen) atoms. The second kappa shape index (κ2) is 11.9. The lowest BCUT2D eigenvalue weighted by molar-refractivity contribution is -0.133. The van der Waals surface area contributed by atoms with Crippen molar-refractivity contribution in [3.05, 3.63) is 53.5 Å². The van der Waals surface area contributed by atoms with Crippen molar-refractivity contribution in [2.45, 2.75) is 27.4 Å². The average molecular weight is 571 g/mol. The summed E-state index contributed by atoms with van der Waals surface area (Å²) < 4.78 is 26.1. The van der Waals surface area contributed by atoms with E-state index < -0.39 is 20.5 Å². The molecule has 0 atom stereocenters. The van der Waals surface area contributed by atoms with Gasteiger partial charge in [0.15, 0.2) is 19.6 Å². The number of benzene rings is 2. The highest BCUT2D eigenvalue weighted by molar-refractivity contribution is 7.99. The van der Waals surface area contributed by atoms with E-state index in [-0.39, 0.29) is 36.1 Å². The molecule has 4 rings (SSSR count). The highest BCUT2D eigenvalue weighted by Crippen LogP contribution is 2.36. The normalized spacial score (nSPS) is 15.7. The highest BCUT2D eigenvalue weighted by Gasteiger charge is 2.52. The van der Waals surface area contributed by atoms with Gasteiger partial charge in [0.25, 0.3) is 11.8 Å². The van der Waals surface area contributed by atoms with Gasteiger partial charge in [-0.25, -0.2) is 18.9 Å². The van der Waals surface area contributed by atoms with Gasteiger partial charge < -0.3 is 10.2 Å². The van der Waals surface area contributed by atoms with Crippen LogP contribution in [0.25, 0.3) is 10.2 Å². The van der Waals surface area contributed by atoms with Gasteiger partial charge in [0, 0.05) is 17.2 Å². The minimum absolute atomic E-state index is 0. The van der Waals surface area contributed by atoms with Crippen molar-refractivity contribution in [3.63, 3.8) is 0 Å². The lowest BCUT2D eigenvalue weighted by Gasteiger charge is -2.38. The molecule has 1 aliphatic heterocycles. The predicted molar refractivity (Wildman–Crippen MR) is 143 cm³/mol. The zero-order chi connectivity index (χ0) is 25.1. The molecule has 0 spiro atoms. The zero-order valence-corrected chi connectivity index (χ0v) is 22.7. The van der Waals surface area contributed by atoms with Gasteiger partial charge in [-0.1, -0.05) is 12.1 Å². The quantitative estimate of drug-likeness (QED) is 0.163. The Labute approximate surface area is 224 Å². The van der Waals surface area contributed by atoms with Crippen LogP contribution in [0.4, 0.5) is 0 Å². The van der Waals surface area contributed by atoms with E-state index in [1.54, 1.807) is 17.6 Å². The van der Waals surface area contributed by atoms with Crippen LogP contribution in [0.1, 0.15) is 22.6 Å². The molecule has 1 aliphatic rings. The monoisotopic (exact) mass is 570 g/mol. The van der Waals surface area contributed by atoms with Gasteiger partial charge >= 0.3 is 0 Å². The molecule has 194 valence electrons. The fourth-order valence-corrected chi connectivity index (χ4v) is 7.62. The first kappa shape index (κ1) is 28.4. The van der Waals surface area contributed by atoms with Gasteiger partial charge in [0.2, 0.25) is 0 Å². The van der Waals surface area contributed by atoms with E-state index in [1.165, 1.54) is 35.2 Å². The number of hydroxylamine groups is 1. The van der Waals surface area contributed by atoms with Crippen LogP contribution >= 0.6 is 35.5 Å². The number of aromatic nitrogens is 1. The first-order valence-electron chi connectivity index (χ1n) is 11.0. The van der Waals surface area contributed by atoms with E-state index in [0.29, 0.717) is 30.4 Å². The molecule has 2 heterocycles. The third-order valence-electron chi connectivity index (χ3n) is 6.10. The Morgan fingerprint density at radius 2 is 1.81 bits per heavy atom. The summed E-state index contributed by atoms with van der Waals surface area (Å²) in [6.45, 7) is 1.29. The van der Waals surface area contributed by atoms with E-state index in [9.17, 15) is 23.2 Å². The van der Waals surface area contributed by atoms with E-state index in [0.717, 1.165) is 15.1 Å². The molecule has 3 N–H and O–H groups in total. The molecular weight excluding hydrogens is 544 g/mol. The molecule has 0 aliphatic carbocycles. The number of carbonyl (C=O) groups is 2. The van der Waals surface area contributed by atoms with Crippen molar-refractivity contribution in [2.24, 2.45) is 0 Å². The largest absolute Gasteiger partial charge is 0.349 e. The fraction of sp³-hybridized carbons (Fsp3) is 0.348. The summed E-state index contributed by atoms with van der Waals surface area (Å²) in [6.07, 6.45) is 0.201. The zero-order valence-electron chi connectivity index (χ0n) is 19.5. The molecule has 9 nitrogen and oxygen atoms in total. The van der Waals surface area contributed by atoms with Crippen LogP contribution in [0, 0.1) is 0 Å². The Bertz CT molecular complexity index is 1290. The number of hydrogen-bond acceptors (Lipinski definition) is 9. The van der Waals surface area contributed by atoms with Gasteiger partial charge in [-0.2, -0.15) is 0 Å². The smallest absolute Gasteiger partial charge is 0.280 e. The Kier molecular flexibility index (Phi) is 9.36. The SMILES string of the molecule is CN1CCC(C(=O)NO)(S(=O)(=O)c2ccc(SCCNC(=O)c3nc4ccccc4s3)cc2)CC1.Cl. The van der Waals surface area contributed by atoms with E-state index in [1.807, 2.05) is 36.2 Å². The topological polar surface area (TPSA) is 129 Å². The Morgan fingerprint density at radius 3 is 2.44 bits per heavy atom. The molecule has 3 aromatic rings. The van der Waals surface area contributed by atoms with E-state index in [4.69, 9.17) is 0 Å². The summed E-state index contributed by atoms with van der Waals surface area (Å²) >= 11 is 2.82. The summed E-state index contributed by atoms with van der Waals surface area (Å²) in [4.78, 5) is 32.0. The number of piperidine rings is 1. The summed E-state index contributed by atoms with van der Waals surface area (Å²) in [5.41, 5.74) is 2.36. The Hall–Kier alpha value is -2.22. The summed E-state index contributed by atoms with van der Waals surface area (Å²) in [5, 5.41) is 12.5. The maximum Gasteiger partial charge on any atom is 0.280 e. The van der Waals surface area contributed by atoms with Crippen molar-refractivity contribution >= 4 is 67.4 Å². The van der Waals surface area contributed by atoms with Crippen LogP contribution in [0.3, 0.4) is 0 Å². The van der Waals surface area contributed by atoms with Crippen LogP contribution in [-0.2, 0) is 14.6 Å². The number of nitrogens with zero attached hydrogens (tertiary/aromatic N) is 2. The van der Waals surface area contributed by atoms with Crippen molar-refractivity contribution in [1.29, 1.82) is 0 Å². The predicted octanol–water partition coefficient (Wildman–Crippen LogP) is 2.98. The molecule has 1 aromatic heterocycles. The van der Waals surface area contributed by atoms with Gasteiger partial charge in [0.05, 0.1) is 15.1 Å². The first-order valence-corrected chi connectivity index (χ1v) is 14.3. The minimum atomic E-state index is -4.02. The number of para-hydroxylation sites is 1. The van der Waals surface area contributed by atoms with Crippen LogP contribution in [0.5, 0.6) is 0 Å². The highest BCUT2D eigenvalue weighted by atomic mass is 35.5. The maximum absolute atomic E-state index is 13.4. The fourth-order valence-electron chi connectivity index (χ4n) is 4.02. The number of hydrogen-bond donors (Lipinski definition) is 3. The lowest BCUT2D eigenvalue weighted by Crippen LogP contribution is -2.57. The number of sulfone groups is 1. The number of carbonyl (C=O) groups excluding carboxylic acids is 2. The number of likely N-dealkylation sites (tertiary alicyclic amines) is 1. The minimum Gasteiger partial charge on any atom is -0.349 e. The van der Waals surface area contributed by atoms with Crippen LogP contribution in [-0.4, -0.2) is 72.5 Å². The molecule has 2 aromatic carbocycles. The van der Waals surface area contributed by atoms with Crippen molar-refractivity contribution in [2.75, 3.05) is 32.4 Å². The summed E-state index contributed by atoms with van der Waals surface area (Å²) in [7, 11) is -2.16. The molecule has 0 unspecified atom stereocenters. The third kappa shape index (κ3) is 5.68. The standard InChI is InChI=1S/C23H26N4O5S3.ClH/c1-27-13-10-23(11-14-27,22(29)26-30)35(31,32)17-8-6-16(7-9-17)33-15-12-24-20(28)21-25-18-4-2-3-5-19(18)34-21;/h2-9,30H,10-15H2,1H3,(H,24,28)(H,26,29);1H. The molecule has 13 heteroatoms. The number of fused-ring (bicyclic) bond motifs is 1. The molecule has 1 fully saturated rings.